The van der Waals surface area contributed by atoms with Gasteiger partial charge in [0.15, 0.2) is 0 Å². The van der Waals surface area contributed by atoms with Crippen LogP contribution in [0.25, 0.3) is 0 Å². The van der Waals surface area contributed by atoms with Gasteiger partial charge < -0.3 is 10.5 Å². The first kappa shape index (κ1) is 9.82. The molecule has 0 saturated carbocycles. The van der Waals surface area contributed by atoms with Crippen molar-refractivity contribution in [2.45, 2.75) is 19.5 Å². The van der Waals surface area contributed by atoms with Crippen LogP contribution in [-0.4, -0.2) is 40.3 Å². The molecule has 2 heterocycles. The van der Waals surface area contributed by atoms with Gasteiger partial charge in [-0.2, -0.15) is 0 Å². The maximum atomic E-state index is 5.74. The molecule has 1 atom stereocenters. The van der Waals surface area contributed by atoms with Crippen LogP contribution >= 0.6 is 11.5 Å². The van der Waals surface area contributed by atoms with Crippen LogP contribution in [0, 0.1) is 0 Å². The summed E-state index contributed by atoms with van der Waals surface area (Å²) < 4.78 is 9.18. The Bertz CT molecular complexity index is 303. The van der Waals surface area contributed by atoms with E-state index in [-0.39, 0.29) is 0 Å². The third-order valence-corrected chi connectivity index (χ3v) is 3.04. The summed E-state index contributed by atoms with van der Waals surface area (Å²) >= 11 is 1.25. The molecule has 2 rings (SSSR count). The third kappa shape index (κ3) is 2.02. The van der Waals surface area contributed by atoms with Gasteiger partial charge in [0.05, 0.1) is 13.2 Å². The maximum Gasteiger partial charge on any atom is 0.132 e. The quantitative estimate of drug-likeness (QED) is 0.769. The van der Waals surface area contributed by atoms with Gasteiger partial charge in [0.1, 0.15) is 10.7 Å². The van der Waals surface area contributed by atoms with Crippen LogP contribution in [0.3, 0.4) is 0 Å². The number of ether oxygens (including phenoxy) is 1. The number of aromatic nitrogens is 2. The molecule has 0 amide bonds. The lowest BCUT2D eigenvalue weighted by molar-refractivity contribution is -0.00481. The molecule has 14 heavy (non-hydrogen) atoms. The van der Waals surface area contributed by atoms with Crippen LogP contribution in [0.5, 0.6) is 0 Å². The molecule has 1 aliphatic heterocycles. The lowest BCUT2D eigenvalue weighted by Crippen LogP contribution is -2.43. The highest BCUT2D eigenvalue weighted by molar-refractivity contribution is 7.09. The normalized spacial score (nSPS) is 23.9. The molecular weight excluding hydrogens is 200 g/mol. The van der Waals surface area contributed by atoms with E-state index in [0.717, 1.165) is 37.0 Å². The van der Waals surface area contributed by atoms with Gasteiger partial charge in [-0.3, -0.25) is 4.90 Å². The van der Waals surface area contributed by atoms with Crippen molar-refractivity contribution in [1.82, 2.24) is 14.5 Å². The highest BCUT2D eigenvalue weighted by Crippen LogP contribution is 2.17. The Morgan fingerprint density at radius 1 is 1.71 bits per heavy atom. The average molecular weight is 214 g/mol. The average Bonchev–Trinajstić information content (AvgIpc) is 2.56. The molecule has 1 aromatic rings. The second-order valence-electron chi connectivity index (χ2n) is 3.48. The predicted octanol–water partition coefficient (Wildman–Crippen LogP) is 0.341. The van der Waals surface area contributed by atoms with Crippen LogP contribution in [0.15, 0.2) is 0 Å². The Hall–Kier alpha value is -0.720. The number of anilines is 1. The zero-order chi connectivity index (χ0) is 9.97. The maximum absolute atomic E-state index is 5.74. The van der Waals surface area contributed by atoms with E-state index in [1.54, 1.807) is 0 Å². The Balaban J connectivity index is 1.99. The number of nitrogens with zero attached hydrogens (tertiary/aromatic N) is 3. The number of hydrogen-bond donors (Lipinski definition) is 1. The summed E-state index contributed by atoms with van der Waals surface area (Å²) in [7, 11) is 0. The Labute approximate surface area is 87.0 Å². The van der Waals surface area contributed by atoms with Gasteiger partial charge in [-0.05, 0) is 6.92 Å². The van der Waals surface area contributed by atoms with Gasteiger partial charge in [-0.1, -0.05) is 4.49 Å². The van der Waals surface area contributed by atoms with E-state index in [2.05, 4.69) is 21.4 Å². The summed E-state index contributed by atoms with van der Waals surface area (Å²) in [5.74, 6) is 0. The zero-order valence-corrected chi connectivity index (χ0v) is 8.96. The fourth-order valence-electron chi connectivity index (χ4n) is 1.51. The molecule has 0 spiro atoms. The summed E-state index contributed by atoms with van der Waals surface area (Å²) in [5.41, 5.74) is 6.63. The monoisotopic (exact) mass is 214 g/mol. The SMILES string of the molecule is CC1COCCN1Cc1nnsc1N. The molecule has 1 aliphatic rings. The number of nitrogens with two attached hydrogens (primary N) is 1. The van der Waals surface area contributed by atoms with Crippen molar-refractivity contribution >= 4 is 16.5 Å². The molecule has 1 unspecified atom stereocenters. The van der Waals surface area contributed by atoms with Crippen molar-refractivity contribution < 1.29 is 4.74 Å². The van der Waals surface area contributed by atoms with Gasteiger partial charge in [0, 0.05) is 30.7 Å². The van der Waals surface area contributed by atoms with Crippen LogP contribution in [-0.2, 0) is 11.3 Å². The Morgan fingerprint density at radius 2 is 2.57 bits per heavy atom. The fraction of sp³-hybridized carbons (Fsp3) is 0.750. The number of morpholine rings is 1. The van der Waals surface area contributed by atoms with Crippen molar-refractivity contribution in [3.05, 3.63) is 5.69 Å². The summed E-state index contributed by atoms with van der Waals surface area (Å²) in [4.78, 5) is 2.32. The molecule has 2 N–H and O–H groups in total. The lowest BCUT2D eigenvalue weighted by atomic mass is 10.2. The second-order valence-corrected chi connectivity index (χ2v) is 4.26. The van der Waals surface area contributed by atoms with Crippen LogP contribution < -0.4 is 5.73 Å². The van der Waals surface area contributed by atoms with E-state index in [0.29, 0.717) is 6.04 Å². The molecule has 1 fully saturated rings. The fourth-order valence-corrected chi connectivity index (χ4v) is 1.95. The first-order chi connectivity index (χ1) is 6.77. The van der Waals surface area contributed by atoms with E-state index in [4.69, 9.17) is 10.5 Å². The lowest BCUT2D eigenvalue weighted by Gasteiger charge is -2.32. The minimum Gasteiger partial charge on any atom is -0.388 e. The minimum atomic E-state index is 0.435. The molecule has 0 aromatic carbocycles. The standard InChI is InChI=1S/C8H14N4OS/c1-6-5-13-3-2-12(6)4-7-8(9)14-11-10-7/h6H,2-5,9H2,1H3. The molecule has 6 heteroatoms. The molecule has 0 bridgehead atoms. The van der Waals surface area contributed by atoms with Crippen molar-refractivity contribution in [2.24, 2.45) is 0 Å². The minimum absolute atomic E-state index is 0.435. The van der Waals surface area contributed by atoms with Crippen molar-refractivity contribution in [3.63, 3.8) is 0 Å². The third-order valence-electron chi connectivity index (χ3n) is 2.44. The van der Waals surface area contributed by atoms with Crippen molar-refractivity contribution in [3.8, 4) is 0 Å². The summed E-state index contributed by atoms with van der Waals surface area (Å²) in [6, 6.07) is 0.435. The largest absolute Gasteiger partial charge is 0.388 e. The molecular formula is C8H14N4OS. The summed E-state index contributed by atoms with van der Waals surface area (Å²) in [5, 5.41) is 4.73. The van der Waals surface area contributed by atoms with E-state index in [1.807, 2.05) is 0 Å². The highest BCUT2D eigenvalue weighted by atomic mass is 32.1. The smallest absolute Gasteiger partial charge is 0.132 e. The predicted molar refractivity (Wildman–Crippen MR) is 55.0 cm³/mol. The number of nitrogen functional groups attached to an aromatic ring is 1. The number of rotatable bonds is 2. The van der Waals surface area contributed by atoms with E-state index >= 15 is 0 Å². The highest BCUT2D eigenvalue weighted by Gasteiger charge is 2.20. The Morgan fingerprint density at radius 3 is 3.21 bits per heavy atom. The van der Waals surface area contributed by atoms with Crippen LogP contribution in [0.2, 0.25) is 0 Å². The van der Waals surface area contributed by atoms with Crippen molar-refractivity contribution in [2.75, 3.05) is 25.5 Å². The first-order valence-electron chi connectivity index (χ1n) is 4.66. The molecule has 5 nitrogen and oxygen atoms in total. The van der Waals surface area contributed by atoms with E-state index < -0.39 is 0 Å². The van der Waals surface area contributed by atoms with Gasteiger partial charge in [0.2, 0.25) is 0 Å². The van der Waals surface area contributed by atoms with Gasteiger partial charge in [0.25, 0.3) is 0 Å². The van der Waals surface area contributed by atoms with Gasteiger partial charge in [-0.25, -0.2) is 0 Å². The Kier molecular flexibility index (Phi) is 2.95. The molecule has 0 aliphatic carbocycles. The number of hydrogen-bond acceptors (Lipinski definition) is 6. The molecule has 1 aromatic heterocycles. The molecule has 1 saturated heterocycles. The summed E-state index contributed by atoms with van der Waals surface area (Å²) in [6.07, 6.45) is 0. The van der Waals surface area contributed by atoms with Crippen molar-refractivity contribution in [1.29, 1.82) is 0 Å². The van der Waals surface area contributed by atoms with E-state index in [1.165, 1.54) is 11.5 Å². The second kappa shape index (κ2) is 4.20. The van der Waals surface area contributed by atoms with Crippen LogP contribution in [0.4, 0.5) is 5.00 Å². The molecule has 78 valence electrons. The zero-order valence-electron chi connectivity index (χ0n) is 8.14. The summed E-state index contributed by atoms with van der Waals surface area (Å²) in [6.45, 7) is 5.46. The van der Waals surface area contributed by atoms with Crippen LogP contribution in [0.1, 0.15) is 12.6 Å². The van der Waals surface area contributed by atoms with Gasteiger partial charge >= 0.3 is 0 Å². The first-order valence-corrected chi connectivity index (χ1v) is 5.43. The van der Waals surface area contributed by atoms with E-state index in [9.17, 15) is 0 Å². The topological polar surface area (TPSA) is 64.3 Å². The van der Waals surface area contributed by atoms with Gasteiger partial charge in [-0.15, -0.1) is 5.10 Å². The molecule has 0 radical (unpaired) electrons.